The molecule has 0 radical (unpaired) electrons. The number of ether oxygens (including phenoxy) is 1. The molecule has 1 rings (SSSR count). The van der Waals surface area contributed by atoms with E-state index >= 15 is 0 Å². The van der Waals surface area contributed by atoms with Gasteiger partial charge >= 0.3 is 5.97 Å². The fraction of sp³-hybridized carbons (Fsp3) is 0.583. The van der Waals surface area contributed by atoms with Gasteiger partial charge < -0.3 is 4.74 Å². The van der Waals surface area contributed by atoms with Crippen LogP contribution in [-0.2, 0) is 16.1 Å². The molecule has 0 saturated heterocycles. The van der Waals surface area contributed by atoms with E-state index in [0.717, 1.165) is 24.8 Å². The summed E-state index contributed by atoms with van der Waals surface area (Å²) in [4.78, 5) is 15.7. The molecule has 0 saturated carbocycles. The van der Waals surface area contributed by atoms with E-state index < -0.39 is 0 Å². The number of allylic oxidation sites excluding steroid dienone is 4. The Kier molecular flexibility index (Phi) is 15.0. The first-order valence-electron chi connectivity index (χ1n) is 10.6. The van der Waals surface area contributed by atoms with Gasteiger partial charge in [-0.2, -0.15) is 0 Å². The van der Waals surface area contributed by atoms with Crippen molar-refractivity contribution in [2.24, 2.45) is 0 Å². The molecule has 0 aliphatic heterocycles. The van der Waals surface area contributed by atoms with Crippen molar-refractivity contribution in [1.29, 1.82) is 0 Å². The Morgan fingerprint density at radius 3 is 2.33 bits per heavy atom. The molecule has 3 heteroatoms. The number of nitrogens with zero attached hydrogens (tertiary/aromatic N) is 1. The SMILES string of the molecule is C/C=C\C/C=C\CCCCCCCCCCCC(=O)OCc1cccnc1. The van der Waals surface area contributed by atoms with Crippen LogP contribution >= 0.6 is 0 Å². The first-order valence-corrected chi connectivity index (χ1v) is 10.6. The molecule has 3 nitrogen and oxygen atoms in total. The van der Waals surface area contributed by atoms with Crippen molar-refractivity contribution < 1.29 is 9.53 Å². The van der Waals surface area contributed by atoms with Gasteiger partial charge in [0.25, 0.3) is 0 Å². The lowest BCUT2D eigenvalue weighted by molar-refractivity contribution is -0.145. The summed E-state index contributed by atoms with van der Waals surface area (Å²) in [5.74, 6) is -0.0985. The standard InChI is InChI=1S/C24H37NO2/c1-2-3-4-5-6-7-8-9-10-11-12-13-14-15-16-19-24(26)27-22-23-18-17-20-25-21-23/h2-3,5-6,17-18,20-21H,4,7-16,19,22H2,1H3/b3-2-,6-5-. The molecule has 0 N–H and O–H groups in total. The fourth-order valence-electron chi connectivity index (χ4n) is 2.92. The van der Waals surface area contributed by atoms with Crippen molar-refractivity contribution >= 4 is 5.97 Å². The Labute approximate surface area is 165 Å². The molecule has 0 aliphatic carbocycles. The molecule has 0 atom stereocenters. The van der Waals surface area contributed by atoms with E-state index in [2.05, 4.69) is 36.2 Å². The van der Waals surface area contributed by atoms with Crippen LogP contribution < -0.4 is 0 Å². The van der Waals surface area contributed by atoms with Crippen LogP contribution in [0, 0.1) is 0 Å². The highest BCUT2D eigenvalue weighted by Crippen LogP contribution is 2.12. The third-order valence-electron chi connectivity index (χ3n) is 4.55. The molecule has 0 bridgehead atoms. The van der Waals surface area contributed by atoms with Gasteiger partial charge in [-0.05, 0) is 38.7 Å². The quantitative estimate of drug-likeness (QED) is 0.179. The van der Waals surface area contributed by atoms with Gasteiger partial charge in [-0.1, -0.05) is 75.3 Å². The zero-order chi connectivity index (χ0) is 19.4. The highest BCUT2D eigenvalue weighted by Gasteiger charge is 2.03. The van der Waals surface area contributed by atoms with Crippen LogP contribution in [0.3, 0.4) is 0 Å². The van der Waals surface area contributed by atoms with Crippen LogP contribution in [0.4, 0.5) is 0 Å². The Bertz CT molecular complexity index is 522. The van der Waals surface area contributed by atoms with Crippen molar-refractivity contribution in [3.05, 3.63) is 54.4 Å². The van der Waals surface area contributed by atoms with Gasteiger partial charge in [0.2, 0.25) is 0 Å². The zero-order valence-electron chi connectivity index (χ0n) is 17.1. The van der Waals surface area contributed by atoms with E-state index in [0.29, 0.717) is 13.0 Å². The van der Waals surface area contributed by atoms with Crippen LogP contribution in [0.5, 0.6) is 0 Å². The van der Waals surface area contributed by atoms with Gasteiger partial charge in [-0.15, -0.1) is 0 Å². The van der Waals surface area contributed by atoms with Crippen molar-refractivity contribution in [2.45, 2.75) is 90.6 Å². The average Bonchev–Trinajstić information content (AvgIpc) is 2.70. The largest absolute Gasteiger partial charge is 0.461 e. The maximum atomic E-state index is 11.7. The Morgan fingerprint density at radius 2 is 1.67 bits per heavy atom. The summed E-state index contributed by atoms with van der Waals surface area (Å²) in [6.45, 7) is 2.39. The highest BCUT2D eigenvalue weighted by molar-refractivity contribution is 5.69. The van der Waals surface area contributed by atoms with E-state index in [9.17, 15) is 4.79 Å². The van der Waals surface area contributed by atoms with Gasteiger partial charge in [0.05, 0.1) is 0 Å². The third kappa shape index (κ3) is 14.9. The number of pyridine rings is 1. The number of hydrogen-bond donors (Lipinski definition) is 0. The van der Waals surface area contributed by atoms with Gasteiger partial charge in [0.15, 0.2) is 0 Å². The van der Waals surface area contributed by atoms with Crippen LogP contribution in [-0.4, -0.2) is 11.0 Å². The number of hydrogen-bond acceptors (Lipinski definition) is 3. The summed E-state index contributed by atoms with van der Waals surface area (Å²) in [6.07, 6.45) is 26.4. The van der Waals surface area contributed by atoms with Gasteiger partial charge in [-0.3, -0.25) is 9.78 Å². The van der Waals surface area contributed by atoms with E-state index in [-0.39, 0.29) is 5.97 Å². The first kappa shape index (κ1) is 23.1. The topological polar surface area (TPSA) is 39.2 Å². The molecule has 0 spiro atoms. The number of rotatable bonds is 16. The summed E-state index contributed by atoms with van der Waals surface area (Å²) in [7, 11) is 0. The van der Waals surface area contributed by atoms with E-state index in [1.807, 2.05) is 12.1 Å². The molecule has 0 aromatic carbocycles. The number of carbonyl (C=O) groups excluding carboxylic acids is 1. The fourth-order valence-corrected chi connectivity index (χ4v) is 2.92. The van der Waals surface area contributed by atoms with Crippen molar-refractivity contribution in [2.75, 3.05) is 0 Å². The second kappa shape index (κ2) is 17.5. The Morgan fingerprint density at radius 1 is 0.963 bits per heavy atom. The van der Waals surface area contributed by atoms with Crippen molar-refractivity contribution in [3.63, 3.8) is 0 Å². The van der Waals surface area contributed by atoms with Crippen LogP contribution in [0.1, 0.15) is 89.5 Å². The lowest BCUT2D eigenvalue weighted by Crippen LogP contribution is -2.04. The normalized spacial score (nSPS) is 11.4. The summed E-state index contributed by atoms with van der Waals surface area (Å²) in [6, 6.07) is 3.77. The van der Waals surface area contributed by atoms with Crippen LogP contribution in [0.25, 0.3) is 0 Å². The smallest absolute Gasteiger partial charge is 0.306 e. The third-order valence-corrected chi connectivity index (χ3v) is 4.55. The van der Waals surface area contributed by atoms with Crippen LogP contribution in [0.2, 0.25) is 0 Å². The molecule has 1 aromatic heterocycles. The number of unbranched alkanes of at least 4 members (excludes halogenated alkanes) is 9. The molecule has 1 aromatic rings. The molecule has 0 aliphatic rings. The highest BCUT2D eigenvalue weighted by atomic mass is 16.5. The van der Waals surface area contributed by atoms with Crippen molar-refractivity contribution in [3.8, 4) is 0 Å². The maximum absolute atomic E-state index is 11.7. The summed E-state index contributed by atoms with van der Waals surface area (Å²) < 4.78 is 5.26. The maximum Gasteiger partial charge on any atom is 0.306 e. The molecule has 0 fully saturated rings. The summed E-state index contributed by atoms with van der Waals surface area (Å²) in [5, 5.41) is 0. The summed E-state index contributed by atoms with van der Waals surface area (Å²) >= 11 is 0. The number of aromatic nitrogens is 1. The van der Waals surface area contributed by atoms with Gasteiger partial charge in [0, 0.05) is 24.4 Å². The number of esters is 1. The Balaban J connectivity index is 1.81. The molecule has 150 valence electrons. The van der Waals surface area contributed by atoms with Gasteiger partial charge in [-0.25, -0.2) is 0 Å². The minimum atomic E-state index is -0.0985. The van der Waals surface area contributed by atoms with E-state index in [4.69, 9.17) is 4.74 Å². The predicted octanol–water partition coefficient (Wildman–Crippen LogP) is 6.94. The molecular weight excluding hydrogens is 334 g/mol. The molecule has 27 heavy (non-hydrogen) atoms. The Hall–Kier alpha value is -1.90. The molecule has 0 amide bonds. The molecule has 0 unspecified atom stereocenters. The van der Waals surface area contributed by atoms with E-state index in [1.54, 1.807) is 12.4 Å². The van der Waals surface area contributed by atoms with E-state index in [1.165, 1.54) is 51.4 Å². The lowest BCUT2D eigenvalue weighted by atomic mass is 10.1. The molecular formula is C24H37NO2. The minimum absolute atomic E-state index is 0.0985. The monoisotopic (exact) mass is 371 g/mol. The van der Waals surface area contributed by atoms with Crippen molar-refractivity contribution in [1.82, 2.24) is 4.98 Å². The summed E-state index contributed by atoms with van der Waals surface area (Å²) in [5.41, 5.74) is 0.940. The zero-order valence-corrected chi connectivity index (χ0v) is 17.1. The second-order valence-electron chi connectivity index (χ2n) is 7.02. The minimum Gasteiger partial charge on any atom is -0.461 e. The molecule has 1 heterocycles. The predicted molar refractivity (Wildman–Crippen MR) is 113 cm³/mol. The lowest BCUT2D eigenvalue weighted by Gasteiger charge is -2.05. The average molecular weight is 372 g/mol. The second-order valence-corrected chi connectivity index (χ2v) is 7.02. The van der Waals surface area contributed by atoms with Gasteiger partial charge in [0.1, 0.15) is 6.61 Å². The number of carbonyl (C=O) groups is 1. The first-order chi connectivity index (χ1) is 13.3. The van der Waals surface area contributed by atoms with Crippen LogP contribution in [0.15, 0.2) is 48.8 Å².